The van der Waals surface area contributed by atoms with Crippen molar-refractivity contribution in [3.63, 3.8) is 0 Å². The fourth-order valence-electron chi connectivity index (χ4n) is 1.65. The molecule has 0 bridgehead atoms. The first kappa shape index (κ1) is 14.5. The van der Waals surface area contributed by atoms with Gasteiger partial charge in [-0.1, -0.05) is 11.2 Å². The fourth-order valence-corrected chi connectivity index (χ4v) is 1.65. The van der Waals surface area contributed by atoms with Gasteiger partial charge < -0.3 is 14.0 Å². The number of rotatable bonds is 5. The summed E-state index contributed by atoms with van der Waals surface area (Å²) < 4.78 is 38.9. The number of alkyl halides is 2. The Labute approximate surface area is 119 Å². The first-order chi connectivity index (χ1) is 10.1. The lowest BCUT2D eigenvalue weighted by Gasteiger charge is -2.10. The third-order valence-corrected chi connectivity index (χ3v) is 2.54. The van der Waals surface area contributed by atoms with Crippen molar-refractivity contribution < 1.29 is 22.8 Å². The molecule has 108 valence electrons. The van der Waals surface area contributed by atoms with Crippen LogP contribution in [0.25, 0.3) is 11.6 Å². The molecule has 5 nitrogen and oxygen atoms in total. The zero-order valence-corrected chi connectivity index (χ0v) is 10.9. The molecule has 0 saturated carbocycles. The predicted molar refractivity (Wildman–Crippen MR) is 69.6 cm³/mol. The highest BCUT2D eigenvalue weighted by molar-refractivity contribution is 5.87. The zero-order chi connectivity index (χ0) is 15.2. The highest BCUT2D eigenvalue weighted by Gasteiger charge is 2.12. The second-order valence-electron chi connectivity index (χ2n) is 3.84. The number of hydrogen-bond donors (Lipinski definition) is 0. The van der Waals surface area contributed by atoms with Crippen molar-refractivity contribution in [2.45, 2.75) is 6.61 Å². The lowest BCUT2D eigenvalue weighted by molar-refractivity contribution is -0.0512. The third-order valence-electron chi connectivity index (χ3n) is 2.54. The van der Waals surface area contributed by atoms with Crippen LogP contribution in [0.15, 0.2) is 35.0 Å². The number of ether oxygens (including phenoxy) is 2. The van der Waals surface area contributed by atoms with E-state index in [9.17, 15) is 8.78 Å². The van der Waals surface area contributed by atoms with Gasteiger partial charge in [-0.25, -0.2) is 0 Å². The Morgan fingerprint density at radius 2 is 2.19 bits per heavy atom. The molecular weight excluding hydrogens is 282 g/mol. The Hall–Kier alpha value is -2.88. The highest BCUT2D eigenvalue weighted by Crippen LogP contribution is 2.31. The third kappa shape index (κ3) is 3.57. The van der Waals surface area contributed by atoms with E-state index in [2.05, 4.69) is 9.89 Å². The molecule has 0 spiro atoms. The van der Waals surface area contributed by atoms with Crippen molar-refractivity contribution >= 4 is 11.6 Å². The maximum Gasteiger partial charge on any atom is 0.387 e. The molecule has 0 aliphatic heterocycles. The maximum atomic E-state index is 12.4. The van der Waals surface area contributed by atoms with Crippen molar-refractivity contribution in [2.75, 3.05) is 7.11 Å². The second kappa shape index (κ2) is 6.52. The summed E-state index contributed by atoms with van der Waals surface area (Å²) in [6.07, 6.45) is 2.87. The number of allylic oxidation sites excluding steroid dienone is 1. The van der Waals surface area contributed by atoms with Crippen molar-refractivity contribution in [3.8, 4) is 17.6 Å². The van der Waals surface area contributed by atoms with Crippen molar-refractivity contribution in [2.24, 2.45) is 0 Å². The average Bonchev–Trinajstić information content (AvgIpc) is 2.98. The van der Waals surface area contributed by atoms with E-state index in [1.54, 1.807) is 6.07 Å². The second-order valence-corrected chi connectivity index (χ2v) is 3.84. The van der Waals surface area contributed by atoms with Gasteiger partial charge in [0.2, 0.25) is 0 Å². The van der Waals surface area contributed by atoms with Gasteiger partial charge in [0.15, 0.2) is 17.3 Å². The first-order valence-electron chi connectivity index (χ1n) is 5.79. The van der Waals surface area contributed by atoms with Gasteiger partial charge in [-0.2, -0.15) is 14.0 Å². The standard InChI is InChI=1S/C14H10F2N2O3/c1-19-12-3-2-9(7-13(12)20-14(15)16)6-10(8-17)11-4-5-18-21-11/h2-7,14H,1H3/b10-6+. The highest BCUT2D eigenvalue weighted by atomic mass is 19.3. The summed E-state index contributed by atoms with van der Waals surface area (Å²) >= 11 is 0. The quantitative estimate of drug-likeness (QED) is 0.790. The minimum atomic E-state index is -2.97. The molecule has 1 aromatic carbocycles. The Balaban J connectivity index is 2.38. The van der Waals surface area contributed by atoms with Crippen LogP contribution in [0.4, 0.5) is 8.78 Å². The topological polar surface area (TPSA) is 68.3 Å². The van der Waals surface area contributed by atoms with Crippen LogP contribution in [0.1, 0.15) is 11.3 Å². The van der Waals surface area contributed by atoms with Crippen LogP contribution in [0, 0.1) is 11.3 Å². The molecule has 0 radical (unpaired) electrons. The SMILES string of the molecule is COc1ccc(/C=C(\C#N)c2ccno2)cc1OC(F)F. The summed E-state index contributed by atoms with van der Waals surface area (Å²) in [6.45, 7) is -2.97. The van der Waals surface area contributed by atoms with Gasteiger partial charge in [0.1, 0.15) is 6.07 Å². The van der Waals surface area contributed by atoms with E-state index in [-0.39, 0.29) is 22.8 Å². The van der Waals surface area contributed by atoms with E-state index in [0.29, 0.717) is 5.56 Å². The molecular formula is C14H10F2N2O3. The van der Waals surface area contributed by atoms with E-state index in [4.69, 9.17) is 14.5 Å². The number of halogens is 2. The van der Waals surface area contributed by atoms with E-state index >= 15 is 0 Å². The van der Waals surface area contributed by atoms with Gasteiger partial charge in [-0.15, -0.1) is 0 Å². The van der Waals surface area contributed by atoms with Crippen LogP contribution in [0.2, 0.25) is 0 Å². The molecule has 0 amide bonds. The summed E-state index contributed by atoms with van der Waals surface area (Å²) in [5.41, 5.74) is 0.695. The Morgan fingerprint density at radius 1 is 1.38 bits per heavy atom. The van der Waals surface area contributed by atoms with Crippen molar-refractivity contribution in [3.05, 3.63) is 41.8 Å². The van der Waals surface area contributed by atoms with Crippen LogP contribution in [0.3, 0.4) is 0 Å². The summed E-state index contributed by atoms with van der Waals surface area (Å²) in [7, 11) is 1.35. The zero-order valence-electron chi connectivity index (χ0n) is 10.9. The normalized spacial score (nSPS) is 11.3. The van der Waals surface area contributed by atoms with Crippen LogP contribution in [-0.4, -0.2) is 18.9 Å². The monoisotopic (exact) mass is 292 g/mol. The number of methoxy groups -OCH3 is 1. The molecule has 0 fully saturated rings. The fraction of sp³-hybridized carbons (Fsp3) is 0.143. The molecule has 1 heterocycles. The molecule has 0 aliphatic rings. The van der Waals surface area contributed by atoms with E-state index in [1.807, 2.05) is 6.07 Å². The van der Waals surface area contributed by atoms with E-state index in [0.717, 1.165) is 0 Å². The molecule has 0 atom stereocenters. The smallest absolute Gasteiger partial charge is 0.387 e. The van der Waals surface area contributed by atoms with Gasteiger partial charge >= 0.3 is 6.61 Å². The van der Waals surface area contributed by atoms with Gasteiger partial charge in [0.05, 0.1) is 18.9 Å². The Kier molecular flexibility index (Phi) is 4.51. The molecule has 1 aromatic heterocycles. The van der Waals surface area contributed by atoms with Crippen molar-refractivity contribution in [1.82, 2.24) is 5.16 Å². The van der Waals surface area contributed by atoms with Crippen LogP contribution in [0.5, 0.6) is 11.5 Å². The minimum absolute atomic E-state index is 0.115. The lowest BCUT2D eigenvalue weighted by Crippen LogP contribution is -2.03. The molecule has 0 saturated heterocycles. The maximum absolute atomic E-state index is 12.4. The van der Waals surface area contributed by atoms with Crippen LogP contribution in [-0.2, 0) is 0 Å². The Bertz CT molecular complexity index is 676. The van der Waals surface area contributed by atoms with Gasteiger partial charge in [0.25, 0.3) is 0 Å². The number of nitriles is 1. The lowest BCUT2D eigenvalue weighted by atomic mass is 10.1. The number of aromatic nitrogens is 1. The first-order valence-corrected chi connectivity index (χ1v) is 5.79. The number of hydrogen-bond acceptors (Lipinski definition) is 5. The van der Waals surface area contributed by atoms with Crippen LogP contribution >= 0.6 is 0 Å². The number of benzene rings is 1. The largest absolute Gasteiger partial charge is 0.493 e. The summed E-state index contributed by atoms with van der Waals surface area (Å²) in [5.74, 6) is 0.339. The molecule has 0 aliphatic carbocycles. The summed E-state index contributed by atoms with van der Waals surface area (Å²) in [4.78, 5) is 0. The van der Waals surface area contributed by atoms with Gasteiger partial charge in [0, 0.05) is 6.07 Å². The molecule has 0 N–H and O–H groups in total. The molecule has 7 heteroatoms. The van der Waals surface area contributed by atoms with E-state index < -0.39 is 6.61 Å². The van der Waals surface area contributed by atoms with Gasteiger partial charge in [-0.3, -0.25) is 0 Å². The van der Waals surface area contributed by atoms with Gasteiger partial charge in [-0.05, 0) is 23.8 Å². The predicted octanol–water partition coefficient (Wildman–Crippen LogP) is 3.35. The van der Waals surface area contributed by atoms with Crippen molar-refractivity contribution in [1.29, 1.82) is 5.26 Å². The van der Waals surface area contributed by atoms with E-state index in [1.165, 1.54) is 37.6 Å². The average molecular weight is 292 g/mol. The summed E-state index contributed by atoms with van der Waals surface area (Å²) in [6, 6.07) is 7.89. The minimum Gasteiger partial charge on any atom is -0.493 e. The molecule has 21 heavy (non-hydrogen) atoms. The summed E-state index contributed by atoms with van der Waals surface area (Å²) in [5, 5.41) is 12.6. The molecule has 2 aromatic rings. The number of nitrogens with zero attached hydrogens (tertiary/aromatic N) is 2. The van der Waals surface area contributed by atoms with Crippen LogP contribution < -0.4 is 9.47 Å². The molecule has 2 rings (SSSR count). The Morgan fingerprint density at radius 3 is 2.76 bits per heavy atom. The molecule has 0 unspecified atom stereocenters.